The van der Waals surface area contributed by atoms with Crippen molar-refractivity contribution in [3.63, 3.8) is 0 Å². The zero-order valence-electron chi connectivity index (χ0n) is 23.7. The van der Waals surface area contributed by atoms with Crippen LogP contribution in [0, 0.1) is 17.7 Å². The third-order valence-corrected chi connectivity index (χ3v) is 7.27. The summed E-state index contributed by atoms with van der Waals surface area (Å²) in [5.74, 6) is 3.23. The Balaban J connectivity index is 1.26. The van der Waals surface area contributed by atoms with Crippen LogP contribution in [0.1, 0.15) is 45.6 Å². The summed E-state index contributed by atoms with van der Waals surface area (Å²) in [5, 5.41) is 6.21. The molecule has 1 amide bonds. The average Bonchev–Trinajstić information content (AvgIpc) is 3.18. The first-order valence-electron chi connectivity index (χ1n) is 13.8. The lowest BCUT2D eigenvalue weighted by molar-refractivity contribution is -0.117. The first-order chi connectivity index (χ1) is 19.1. The van der Waals surface area contributed by atoms with Crippen LogP contribution in [0.15, 0.2) is 54.7 Å². The maximum absolute atomic E-state index is 14.1. The van der Waals surface area contributed by atoms with Gasteiger partial charge in [0.2, 0.25) is 11.9 Å². The Labute approximate surface area is 234 Å². The third-order valence-electron chi connectivity index (χ3n) is 7.27. The number of hydrogen-bond acceptors (Lipinski definition) is 6. The molecule has 9 heteroatoms. The molecule has 1 aliphatic heterocycles. The van der Waals surface area contributed by atoms with Crippen molar-refractivity contribution in [2.45, 2.75) is 40.0 Å². The van der Waals surface area contributed by atoms with Gasteiger partial charge in [-0.3, -0.25) is 9.69 Å². The molecule has 0 radical (unpaired) electrons. The average molecular weight is 545 g/mol. The van der Waals surface area contributed by atoms with Crippen molar-refractivity contribution >= 4 is 34.4 Å². The Hall–Kier alpha value is -3.98. The number of rotatable bonds is 8. The number of halogens is 1. The fourth-order valence-corrected chi connectivity index (χ4v) is 5.53. The molecule has 0 bridgehead atoms. The number of likely N-dealkylation sites (tertiary alicyclic amines) is 1. The number of pyridine rings is 1. The largest absolute Gasteiger partial charge is 0.457 e. The number of carbonyl (C=O) groups excluding carboxylic acids is 1. The smallest absolute Gasteiger partial charge is 0.239 e. The van der Waals surface area contributed by atoms with Gasteiger partial charge >= 0.3 is 0 Å². The minimum absolute atomic E-state index is 0.0752. The van der Waals surface area contributed by atoms with E-state index in [1.165, 1.54) is 12.5 Å². The van der Waals surface area contributed by atoms with Crippen LogP contribution in [0.3, 0.4) is 0 Å². The van der Waals surface area contributed by atoms with Gasteiger partial charge in [0.05, 0.1) is 17.6 Å². The number of aryl methyl sites for hydroxylation is 1. The van der Waals surface area contributed by atoms with Gasteiger partial charge in [-0.25, -0.2) is 14.4 Å². The summed E-state index contributed by atoms with van der Waals surface area (Å²) in [5.41, 5.74) is 3.10. The SMILES string of the molecule is CC1CC(C)CN(CC(=O)Nc2cc(Oc3ccc4c(c3)nc(Nc3ccc(F)c(C(C)C)c3)n4C)ccn2)C1. The van der Waals surface area contributed by atoms with Gasteiger partial charge in [-0.2, -0.15) is 0 Å². The monoisotopic (exact) mass is 544 g/mol. The molecule has 4 aromatic rings. The van der Waals surface area contributed by atoms with E-state index in [-0.39, 0.29) is 17.6 Å². The quantitative estimate of drug-likeness (QED) is 0.257. The molecular formula is C31H37FN6O2. The summed E-state index contributed by atoms with van der Waals surface area (Å²) in [6.07, 6.45) is 2.82. The number of ether oxygens (including phenoxy) is 1. The van der Waals surface area contributed by atoms with Gasteiger partial charge in [0.25, 0.3) is 0 Å². The molecule has 0 spiro atoms. The lowest BCUT2D eigenvalue weighted by Crippen LogP contribution is -2.42. The Morgan fingerprint density at radius 1 is 1.07 bits per heavy atom. The third kappa shape index (κ3) is 6.42. The van der Waals surface area contributed by atoms with E-state index >= 15 is 0 Å². The maximum Gasteiger partial charge on any atom is 0.239 e. The van der Waals surface area contributed by atoms with Crippen molar-refractivity contribution in [3.8, 4) is 11.5 Å². The molecule has 1 fully saturated rings. The molecule has 2 atom stereocenters. The Morgan fingerprint density at radius 3 is 2.58 bits per heavy atom. The van der Waals surface area contributed by atoms with Crippen LogP contribution >= 0.6 is 0 Å². The van der Waals surface area contributed by atoms with Gasteiger partial charge in [0, 0.05) is 44.2 Å². The zero-order chi connectivity index (χ0) is 28.4. The summed E-state index contributed by atoms with van der Waals surface area (Å²) < 4.78 is 22.2. The molecule has 3 heterocycles. The highest BCUT2D eigenvalue weighted by Gasteiger charge is 2.23. The molecule has 40 heavy (non-hydrogen) atoms. The maximum atomic E-state index is 14.1. The van der Waals surface area contributed by atoms with Crippen molar-refractivity contribution in [1.82, 2.24) is 19.4 Å². The van der Waals surface area contributed by atoms with Gasteiger partial charge in [-0.1, -0.05) is 27.7 Å². The van der Waals surface area contributed by atoms with E-state index in [2.05, 4.69) is 34.4 Å². The number of fused-ring (bicyclic) bond motifs is 1. The summed E-state index contributed by atoms with van der Waals surface area (Å²) in [7, 11) is 1.92. The number of piperidine rings is 1. The predicted molar refractivity (Wildman–Crippen MR) is 157 cm³/mol. The predicted octanol–water partition coefficient (Wildman–Crippen LogP) is 6.68. The Bertz CT molecular complexity index is 1510. The molecule has 0 saturated carbocycles. The van der Waals surface area contributed by atoms with E-state index in [1.54, 1.807) is 24.4 Å². The van der Waals surface area contributed by atoms with Crippen LogP contribution in [0.4, 0.5) is 21.8 Å². The molecule has 1 saturated heterocycles. The second kappa shape index (κ2) is 11.6. The van der Waals surface area contributed by atoms with Crippen molar-refractivity contribution < 1.29 is 13.9 Å². The van der Waals surface area contributed by atoms with E-state index < -0.39 is 0 Å². The topological polar surface area (TPSA) is 84.3 Å². The first-order valence-corrected chi connectivity index (χ1v) is 13.8. The van der Waals surface area contributed by atoms with Crippen LogP contribution in [-0.2, 0) is 11.8 Å². The van der Waals surface area contributed by atoms with Crippen LogP contribution in [0.2, 0.25) is 0 Å². The van der Waals surface area contributed by atoms with E-state index in [0.29, 0.717) is 47.2 Å². The Kier molecular flexibility index (Phi) is 8.02. The van der Waals surface area contributed by atoms with Crippen LogP contribution in [0.25, 0.3) is 11.0 Å². The van der Waals surface area contributed by atoms with Gasteiger partial charge in [0.15, 0.2) is 0 Å². The number of nitrogens with zero attached hydrogens (tertiary/aromatic N) is 4. The molecular weight excluding hydrogens is 507 g/mol. The highest BCUT2D eigenvalue weighted by atomic mass is 19.1. The molecule has 2 unspecified atom stereocenters. The number of benzene rings is 2. The molecule has 210 valence electrons. The number of imidazole rings is 1. The van der Waals surface area contributed by atoms with Gasteiger partial charge in [0.1, 0.15) is 23.1 Å². The molecule has 2 aromatic heterocycles. The molecule has 2 N–H and O–H groups in total. The normalized spacial score (nSPS) is 17.8. The lowest BCUT2D eigenvalue weighted by Gasteiger charge is -2.34. The zero-order valence-corrected chi connectivity index (χ0v) is 23.7. The lowest BCUT2D eigenvalue weighted by atomic mass is 9.92. The second-order valence-corrected chi connectivity index (χ2v) is 11.3. The molecule has 5 rings (SSSR count). The number of amides is 1. The van der Waals surface area contributed by atoms with Crippen molar-refractivity contribution in [2.75, 3.05) is 30.3 Å². The number of aromatic nitrogens is 3. The Morgan fingerprint density at radius 2 is 1.82 bits per heavy atom. The van der Waals surface area contributed by atoms with Crippen LogP contribution in [0.5, 0.6) is 11.5 Å². The van der Waals surface area contributed by atoms with Crippen molar-refractivity contribution in [1.29, 1.82) is 0 Å². The summed E-state index contributed by atoms with van der Waals surface area (Å²) in [6, 6.07) is 14.2. The fourth-order valence-electron chi connectivity index (χ4n) is 5.53. The van der Waals surface area contributed by atoms with Crippen LogP contribution < -0.4 is 15.4 Å². The molecule has 0 aliphatic carbocycles. The number of carbonyl (C=O) groups is 1. The molecule has 2 aromatic carbocycles. The summed E-state index contributed by atoms with van der Waals surface area (Å²) in [4.78, 5) is 23.9. The molecule has 8 nitrogen and oxygen atoms in total. The minimum Gasteiger partial charge on any atom is -0.457 e. The summed E-state index contributed by atoms with van der Waals surface area (Å²) in [6.45, 7) is 10.6. The summed E-state index contributed by atoms with van der Waals surface area (Å²) >= 11 is 0. The second-order valence-electron chi connectivity index (χ2n) is 11.3. The number of nitrogens with one attached hydrogen (secondary N) is 2. The minimum atomic E-state index is -0.211. The highest BCUT2D eigenvalue weighted by Crippen LogP contribution is 2.30. The highest BCUT2D eigenvalue weighted by molar-refractivity contribution is 5.91. The van der Waals surface area contributed by atoms with Crippen LogP contribution in [-0.4, -0.2) is 45.0 Å². The van der Waals surface area contributed by atoms with Gasteiger partial charge in [-0.05, 0) is 66.1 Å². The van der Waals surface area contributed by atoms with E-state index in [9.17, 15) is 9.18 Å². The first kappa shape index (κ1) is 27.6. The van der Waals surface area contributed by atoms with E-state index in [1.807, 2.05) is 49.7 Å². The standard InChI is InChI=1S/C31H37FN6O2/c1-19(2)25-13-22(6-8-26(25)32)34-31-35-27-14-23(7-9-28(27)37(31)5)40-24-10-11-33-29(15-24)36-30(39)18-38-16-20(3)12-21(4)17-38/h6-11,13-15,19-21H,12,16-18H2,1-5H3,(H,34,35)(H,33,36,39). The van der Waals surface area contributed by atoms with E-state index in [4.69, 9.17) is 9.72 Å². The fraction of sp³-hybridized carbons (Fsp3) is 0.387. The number of anilines is 3. The van der Waals surface area contributed by atoms with Gasteiger partial charge in [-0.15, -0.1) is 0 Å². The van der Waals surface area contributed by atoms with Crippen molar-refractivity contribution in [2.24, 2.45) is 18.9 Å². The van der Waals surface area contributed by atoms with Crippen molar-refractivity contribution in [3.05, 3.63) is 66.1 Å². The van der Waals surface area contributed by atoms with E-state index in [0.717, 1.165) is 29.8 Å². The molecule has 1 aliphatic rings. The number of hydrogen-bond donors (Lipinski definition) is 2. The van der Waals surface area contributed by atoms with Gasteiger partial charge < -0.3 is 19.9 Å².